The third kappa shape index (κ3) is 3.21. The Kier molecular flexibility index (Phi) is 5.42. The van der Waals surface area contributed by atoms with Crippen molar-refractivity contribution in [1.29, 1.82) is 0 Å². The second-order valence-electron chi connectivity index (χ2n) is 7.97. The van der Waals surface area contributed by atoms with E-state index in [4.69, 9.17) is 9.47 Å². The molecule has 5 nitrogen and oxygen atoms in total. The van der Waals surface area contributed by atoms with Crippen LogP contribution in [0.15, 0.2) is 35.6 Å². The molecule has 1 aliphatic carbocycles. The van der Waals surface area contributed by atoms with Gasteiger partial charge < -0.3 is 14.4 Å². The average molecular weight is 383 g/mol. The molecule has 0 radical (unpaired) electrons. The molecular weight excluding hydrogens is 354 g/mol. The van der Waals surface area contributed by atoms with Crippen molar-refractivity contribution in [3.05, 3.63) is 41.2 Å². The minimum Gasteiger partial charge on any atom is -0.494 e. The van der Waals surface area contributed by atoms with Gasteiger partial charge in [-0.15, -0.1) is 0 Å². The lowest BCUT2D eigenvalue weighted by Gasteiger charge is -2.35. The average Bonchev–Trinajstić information content (AvgIpc) is 3.00. The summed E-state index contributed by atoms with van der Waals surface area (Å²) in [5.41, 5.74) is 1.52. The predicted molar refractivity (Wildman–Crippen MR) is 106 cm³/mol. The first-order valence-corrected chi connectivity index (χ1v) is 10.6. The topological polar surface area (TPSA) is 55.8 Å². The number of benzene rings is 1. The number of hydrogen-bond donors (Lipinski definition) is 0. The van der Waals surface area contributed by atoms with Gasteiger partial charge in [-0.25, -0.2) is 0 Å². The van der Waals surface area contributed by atoms with Crippen LogP contribution in [0.1, 0.15) is 64.0 Å². The van der Waals surface area contributed by atoms with Gasteiger partial charge in [-0.3, -0.25) is 9.59 Å². The smallest absolute Gasteiger partial charge is 0.290 e. The zero-order chi connectivity index (χ0) is 19.7. The van der Waals surface area contributed by atoms with E-state index < -0.39 is 0 Å². The molecule has 0 saturated heterocycles. The van der Waals surface area contributed by atoms with E-state index in [1.807, 2.05) is 36.1 Å². The van der Waals surface area contributed by atoms with Crippen LogP contribution in [0.3, 0.4) is 0 Å². The van der Waals surface area contributed by atoms with Crippen molar-refractivity contribution in [2.45, 2.75) is 64.5 Å². The molecular formula is C23H29NO4. The largest absolute Gasteiger partial charge is 0.494 e. The summed E-state index contributed by atoms with van der Waals surface area (Å²) < 4.78 is 11.8. The van der Waals surface area contributed by atoms with Gasteiger partial charge >= 0.3 is 0 Å². The molecule has 0 N–H and O–H groups in total. The molecule has 0 spiro atoms. The first kappa shape index (κ1) is 19.0. The summed E-state index contributed by atoms with van der Waals surface area (Å²) in [5.74, 6) is 0.999. The number of fused-ring (bicyclic) bond motifs is 1. The number of nitrogens with zero attached hydrogens (tertiary/aromatic N) is 1. The number of carbonyl (C=O) groups excluding carboxylic acids is 2. The number of ketones is 1. The second-order valence-corrected chi connectivity index (χ2v) is 7.97. The van der Waals surface area contributed by atoms with Gasteiger partial charge in [0.15, 0.2) is 11.5 Å². The fourth-order valence-corrected chi connectivity index (χ4v) is 4.68. The Balaban J connectivity index is 1.69. The molecule has 28 heavy (non-hydrogen) atoms. The Bertz CT molecular complexity index is 782. The fourth-order valence-electron chi connectivity index (χ4n) is 4.68. The SMILES string of the molecule is CCCOc1ccc(C2C3=C(OC4CCCCC4C3=O)C(=O)N2CCC)cc1. The van der Waals surface area contributed by atoms with Crippen LogP contribution < -0.4 is 4.74 Å². The first-order chi connectivity index (χ1) is 13.7. The van der Waals surface area contributed by atoms with Crippen LogP contribution in [0, 0.1) is 5.92 Å². The van der Waals surface area contributed by atoms with Crippen LogP contribution >= 0.6 is 0 Å². The zero-order valence-electron chi connectivity index (χ0n) is 16.8. The third-order valence-electron chi connectivity index (χ3n) is 5.99. The van der Waals surface area contributed by atoms with Crippen LogP contribution in [0.25, 0.3) is 0 Å². The molecule has 0 aromatic heterocycles. The number of hydrogen-bond acceptors (Lipinski definition) is 4. The van der Waals surface area contributed by atoms with Gasteiger partial charge in [-0.2, -0.15) is 0 Å². The molecule has 150 valence electrons. The van der Waals surface area contributed by atoms with E-state index >= 15 is 0 Å². The normalized spacial score (nSPS) is 26.8. The van der Waals surface area contributed by atoms with E-state index in [2.05, 4.69) is 6.92 Å². The van der Waals surface area contributed by atoms with Gasteiger partial charge in [0.25, 0.3) is 5.91 Å². The summed E-state index contributed by atoms with van der Waals surface area (Å²) in [4.78, 5) is 28.3. The van der Waals surface area contributed by atoms with E-state index in [1.165, 1.54) is 0 Å². The number of rotatable bonds is 6. The minimum atomic E-state index is -0.349. The molecule has 4 rings (SSSR count). The van der Waals surface area contributed by atoms with Gasteiger partial charge in [0, 0.05) is 6.54 Å². The van der Waals surface area contributed by atoms with Crippen molar-refractivity contribution in [1.82, 2.24) is 4.90 Å². The summed E-state index contributed by atoms with van der Waals surface area (Å²) in [6.45, 7) is 5.40. The molecule has 1 aromatic rings. The number of carbonyl (C=O) groups is 2. The fraction of sp³-hybridized carbons (Fsp3) is 0.565. The van der Waals surface area contributed by atoms with Gasteiger partial charge in [-0.05, 0) is 49.8 Å². The summed E-state index contributed by atoms with van der Waals surface area (Å²) in [5, 5.41) is 0. The quantitative estimate of drug-likeness (QED) is 0.739. The molecule has 1 saturated carbocycles. The van der Waals surface area contributed by atoms with Crippen LogP contribution in [0.5, 0.6) is 5.75 Å². The number of Topliss-reactive ketones (excluding diaryl/α,β-unsaturated/α-hetero) is 1. The Morgan fingerprint density at radius 1 is 1.07 bits per heavy atom. The van der Waals surface area contributed by atoms with Crippen LogP contribution in [0.2, 0.25) is 0 Å². The van der Waals surface area contributed by atoms with Crippen molar-refractivity contribution < 1.29 is 19.1 Å². The van der Waals surface area contributed by atoms with Gasteiger partial charge in [0.05, 0.1) is 24.1 Å². The predicted octanol–water partition coefficient (Wildman–Crippen LogP) is 4.18. The lowest BCUT2D eigenvalue weighted by Crippen LogP contribution is -2.39. The van der Waals surface area contributed by atoms with Crippen molar-refractivity contribution in [2.75, 3.05) is 13.2 Å². The van der Waals surface area contributed by atoms with Crippen molar-refractivity contribution >= 4 is 11.7 Å². The molecule has 3 unspecified atom stereocenters. The molecule has 1 amide bonds. The summed E-state index contributed by atoms with van der Waals surface area (Å²) >= 11 is 0. The highest BCUT2D eigenvalue weighted by atomic mass is 16.5. The Labute approximate surface area is 166 Å². The first-order valence-electron chi connectivity index (χ1n) is 10.6. The van der Waals surface area contributed by atoms with Crippen LogP contribution in [-0.2, 0) is 14.3 Å². The molecule has 1 fully saturated rings. The monoisotopic (exact) mass is 383 g/mol. The highest BCUT2D eigenvalue weighted by Crippen LogP contribution is 2.46. The van der Waals surface area contributed by atoms with E-state index in [9.17, 15) is 9.59 Å². The van der Waals surface area contributed by atoms with Crippen molar-refractivity contribution in [3.8, 4) is 5.75 Å². The Hall–Kier alpha value is -2.30. The van der Waals surface area contributed by atoms with Gasteiger partial charge in [-0.1, -0.05) is 32.4 Å². The molecule has 5 heteroatoms. The van der Waals surface area contributed by atoms with Gasteiger partial charge in [0.1, 0.15) is 11.9 Å². The maximum atomic E-state index is 13.4. The summed E-state index contributed by atoms with van der Waals surface area (Å²) in [7, 11) is 0. The molecule has 0 bridgehead atoms. The van der Waals surface area contributed by atoms with Crippen LogP contribution in [0.4, 0.5) is 0 Å². The second kappa shape index (κ2) is 7.98. The summed E-state index contributed by atoms with van der Waals surface area (Å²) in [6.07, 6.45) is 5.50. The molecule has 3 aliphatic rings. The minimum absolute atomic E-state index is 0.100. The highest BCUT2D eigenvalue weighted by Gasteiger charge is 2.51. The van der Waals surface area contributed by atoms with Crippen molar-refractivity contribution in [3.63, 3.8) is 0 Å². The maximum Gasteiger partial charge on any atom is 0.290 e. The van der Waals surface area contributed by atoms with Crippen LogP contribution in [-0.4, -0.2) is 35.8 Å². The molecule has 2 aliphatic heterocycles. The Morgan fingerprint density at radius 2 is 1.82 bits per heavy atom. The Morgan fingerprint density at radius 3 is 2.54 bits per heavy atom. The number of amides is 1. The van der Waals surface area contributed by atoms with E-state index in [0.717, 1.165) is 49.8 Å². The van der Waals surface area contributed by atoms with Gasteiger partial charge in [0.2, 0.25) is 0 Å². The standard InChI is InChI=1S/C23H29NO4/c1-3-13-24-20(15-9-11-16(12-10-15)27-14-4-2)19-21(25)17-7-5-6-8-18(17)28-22(19)23(24)26/h9-12,17-18,20H,3-8,13-14H2,1-2H3. The third-order valence-corrected chi connectivity index (χ3v) is 5.99. The maximum absolute atomic E-state index is 13.4. The van der Waals surface area contributed by atoms with E-state index in [1.54, 1.807) is 0 Å². The summed E-state index contributed by atoms with van der Waals surface area (Å²) in [6, 6.07) is 7.45. The molecule has 2 heterocycles. The van der Waals surface area contributed by atoms with E-state index in [0.29, 0.717) is 24.5 Å². The molecule has 1 aromatic carbocycles. The van der Waals surface area contributed by atoms with E-state index in [-0.39, 0.29) is 29.8 Å². The van der Waals surface area contributed by atoms with Crippen molar-refractivity contribution in [2.24, 2.45) is 5.92 Å². The lowest BCUT2D eigenvalue weighted by atomic mass is 9.77. The molecule has 3 atom stereocenters. The number of ether oxygens (including phenoxy) is 2. The zero-order valence-corrected chi connectivity index (χ0v) is 16.8. The lowest BCUT2D eigenvalue weighted by molar-refractivity contribution is -0.135. The highest BCUT2D eigenvalue weighted by molar-refractivity contribution is 6.11.